The summed E-state index contributed by atoms with van der Waals surface area (Å²) in [7, 11) is 1.68. The molecular weight excluding hydrogens is 296 g/mol. The minimum absolute atomic E-state index is 0.140. The number of ether oxygens (including phenoxy) is 1. The molecule has 0 radical (unpaired) electrons. The van der Waals surface area contributed by atoms with Crippen LogP contribution >= 0.6 is 11.8 Å². The molecule has 0 aromatic heterocycles. The largest absolute Gasteiger partial charge is 0.497 e. The number of thioether (sulfide) groups is 1. The maximum Gasteiger partial charge on any atom is 0.233 e. The molecule has 1 aromatic carbocycles. The quantitative estimate of drug-likeness (QED) is 0.807. The van der Waals surface area contributed by atoms with Crippen molar-refractivity contribution in [1.29, 1.82) is 0 Å². The van der Waals surface area contributed by atoms with Gasteiger partial charge in [-0.1, -0.05) is 12.1 Å². The molecule has 2 saturated heterocycles. The molecule has 0 aliphatic carbocycles. The molecule has 0 saturated carbocycles. The van der Waals surface area contributed by atoms with Crippen LogP contribution in [0.4, 0.5) is 0 Å². The zero-order valence-corrected chi connectivity index (χ0v) is 14.0. The maximum absolute atomic E-state index is 12.2. The second kappa shape index (κ2) is 7.38. The van der Waals surface area contributed by atoms with Crippen LogP contribution in [-0.2, 0) is 4.79 Å². The number of benzene rings is 1. The van der Waals surface area contributed by atoms with Gasteiger partial charge in [-0.05, 0) is 56.6 Å². The van der Waals surface area contributed by atoms with E-state index < -0.39 is 0 Å². The average Bonchev–Trinajstić information content (AvgIpc) is 3.18. The predicted molar refractivity (Wildman–Crippen MR) is 90.2 cm³/mol. The number of nitrogens with zero attached hydrogens (tertiary/aromatic N) is 2. The molecule has 2 aliphatic heterocycles. The van der Waals surface area contributed by atoms with E-state index in [9.17, 15) is 4.79 Å². The Morgan fingerprint density at radius 2 is 2.09 bits per heavy atom. The number of carbonyl (C=O) groups is 1. The van der Waals surface area contributed by atoms with Gasteiger partial charge < -0.3 is 14.5 Å². The van der Waals surface area contributed by atoms with Crippen LogP contribution in [0, 0.1) is 0 Å². The minimum Gasteiger partial charge on any atom is -0.497 e. The van der Waals surface area contributed by atoms with E-state index in [1.54, 1.807) is 18.9 Å². The van der Waals surface area contributed by atoms with E-state index in [1.165, 1.54) is 25.9 Å². The van der Waals surface area contributed by atoms with Gasteiger partial charge in [0.2, 0.25) is 5.91 Å². The van der Waals surface area contributed by atoms with Crippen LogP contribution in [0.3, 0.4) is 0 Å². The molecular formula is C17H24N2O2S. The van der Waals surface area contributed by atoms with Crippen LogP contribution in [-0.4, -0.2) is 54.7 Å². The number of hydrogen-bond donors (Lipinski definition) is 0. The minimum atomic E-state index is 0.140. The lowest BCUT2D eigenvalue weighted by atomic mass is 10.2. The van der Waals surface area contributed by atoms with Gasteiger partial charge >= 0.3 is 0 Å². The normalized spacial score (nSPS) is 22.5. The Morgan fingerprint density at radius 3 is 2.86 bits per heavy atom. The molecule has 0 N–H and O–H groups in total. The predicted octanol–water partition coefficient (Wildman–Crippen LogP) is 2.76. The van der Waals surface area contributed by atoms with Crippen LogP contribution in [0.5, 0.6) is 5.75 Å². The Labute approximate surface area is 136 Å². The highest BCUT2D eigenvalue weighted by atomic mass is 32.2. The third-order valence-corrected chi connectivity index (χ3v) is 5.68. The van der Waals surface area contributed by atoms with Crippen LogP contribution in [0.1, 0.15) is 30.2 Å². The third kappa shape index (κ3) is 3.58. The summed E-state index contributed by atoms with van der Waals surface area (Å²) >= 11 is 1.72. The van der Waals surface area contributed by atoms with Gasteiger partial charge in [0, 0.05) is 6.54 Å². The van der Waals surface area contributed by atoms with Gasteiger partial charge in [-0.3, -0.25) is 4.79 Å². The van der Waals surface area contributed by atoms with Gasteiger partial charge in [0.1, 0.15) is 11.1 Å². The Hall–Kier alpha value is -1.20. The van der Waals surface area contributed by atoms with Crippen LogP contribution in [0.2, 0.25) is 0 Å². The van der Waals surface area contributed by atoms with Crippen molar-refractivity contribution in [3.63, 3.8) is 0 Å². The second-order valence-corrected chi connectivity index (χ2v) is 7.00. The van der Waals surface area contributed by atoms with Crippen molar-refractivity contribution in [2.24, 2.45) is 0 Å². The van der Waals surface area contributed by atoms with E-state index in [0.717, 1.165) is 30.8 Å². The summed E-state index contributed by atoms with van der Waals surface area (Å²) in [5, 5.41) is 0.140. The van der Waals surface area contributed by atoms with E-state index >= 15 is 0 Å². The number of hydrogen-bond acceptors (Lipinski definition) is 4. The number of carbonyl (C=O) groups excluding carboxylic acids is 1. The number of likely N-dealkylation sites (tertiary alicyclic amines) is 1. The van der Waals surface area contributed by atoms with Gasteiger partial charge in [0.25, 0.3) is 0 Å². The lowest BCUT2D eigenvalue weighted by molar-refractivity contribution is -0.128. The van der Waals surface area contributed by atoms with E-state index in [1.807, 2.05) is 23.1 Å². The van der Waals surface area contributed by atoms with Gasteiger partial charge in [-0.15, -0.1) is 11.8 Å². The summed E-state index contributed by atoms with van der Waals surface area (Å²) in [6, 6.07) is 8.08. The average molecular weight is 320 g/mol. The van der Waals surface area contributed by atoms with Crippen LogP contribution < -0.4 is 4.74 Å². The van der Waals surface area contributed by atoms with Gasteiger partial charge in [0.05, 0.1) is 12.9 Å². The topological polar surface area (TPSA) is 32.8 Å². The lowest BCUT2D eigenvalue weighted by Crippen LogP contribution is -2.31. The van der Waals surface area contributed by atoms with Crippen LogP contribution in [0.25, 0.3) is 0 Å². The third-order valence-electron chi connectivity index (χ3n) is 4.42. The fourth-order valence-corrected chi connectivity index (χ4v) is 4.45. The molecule has 0 bridgehead atoms. The molecule has 5 heteroatoms. The number of amides is 1. The molecule has 1 amide bonds. The second-order valence-electron chi connectivity index (χ2n) is 5.93. The Kier molecular flexibility index (Phi) is 5.26. The van der Waals surface area contributed by atoms with Crippen molar-refractivity contribution in [3.8, 4) is 5.75 Å². The molecule has 1 atom stereocenters. The molecule has 120 valence electrons. The zero-order chi connectivity index (χ0) is 15.4. The summed E-state index contributed by atoms with van der Waals surface area (Å²) in [4.78, 5) is 16.7. The molecule has 22 heavy (non-hydrogen) atoms. The van der Waals surface area contributed by atoms with E-state index in [-0.39, 0.29) is 11.3 Å². The van der Waals surface area contributed by atoms with Crippen molar-refractivity contribution < 1.29 is 9.53 Å². The summed E-state index contributed by atoms with van der Waals surface area (Å²) in [6.45, 7) is 4.41. The van der Waals surface area contributed by atoms with Crippen molar-refractivity contribution >= 4 is 17.7 Å². The van der Waals surface area contributed by atoms with Crippen LogP contribution in [0.15, 0.2) is 24.3 Å². The molecule has 2 heterocycles. The monoisotopic (exact) mass is 320 g/mol. The molecule has 3 rings (SSSR count). The zero-order valence-electron chi connectivity index (χ0n) is 13.2. The fourth-order valence-electron chi connectivity index (χ4n) is 3.24. The van der Waals surface area contributed by atoms with Gasteiger partial charge in [0.15, 0.2) is 0 Å². The molecule has 2 aliphatic rings. The molecule has 0 spiro atoms. The Bertz CT molecular complexity index is 517. The first kappa shape index (κ1) is 15.7. The fraction of sp³-hybridized carbons (Fsp3) is 0.588. The van der Waals surface area contributed by atoms with Crippen molar-refractivity contribution in [1.82, 2.24) is 9.80 Å². The molecule has 1 unspecified atom stereocenters. The van der Waals surface area contributed by atoms with E-state index in [2.05, 4.69) is 11.0 Å². The molecule has 2 fully saturated rings. The van der Waals surface area contributed by atoms with E-state index in [4.69, 9.17) is 4.74 Å². The number of rotatable bonds is 6. The Morgan fingerprint density at radius 1 is 1.27 bits per heavy atom. The highest BCUT2D eigenvalue weighted by Crippen LogP contribution is 2.39. The van der Waals surface area contributed by atoms with Crippen molar-refractivity contribution in [3.05, 3.63) is 29.8 Å². The highest BCUT2D eigenvalue weighted by Gasteiger charge is 2.32. The number of methoxy groups -OCH3 is 1. The maximum atomic E-state index is 12.2. The summed E-state index contributed by atoms with van der Waals surface area (Å²) in [6.07, 6.45) is 3.71. The smallest absolute Gasteiger partial charge is 0.233 e. The summed E-state index contributed by atoms with van der Waals surface area (Å²) < 4.78 is 5.31. The first-order chi connectivity index (χ1) is 10.8. The summed E-state index contributed by atoms with van der Waals surface area (Å²) in [5.41, 5.74) is 1.16. The molecule has 1 aromatic rings. The van der Waals surface area contributed by atoms with E-state index in [0.29, 0.717) is 5.75 Å². The standard InChI is InChI=1S/C17H24N2O2S/c1-21-15-7-4-6-14(12-15)17-19(16(20)13-22-17)11-5-10-18-8-2-3-9-18/h4,6-7,12,17H,2-3,5,8-11,13H2,1H3. The Balaban J connectivity index is 1.61. The first-order valence-corrected chi connectivity index (χ1v) is 9.10. The van der Waals surface area contributed by atoms with Gasteiger partial charge in [-0.2, -0.15) is 0 Å². The SMILES string of the molecule is COc1cccc(C2SCC(=O)N2CCCN2CCCC2)c1. The lowest BCUT2D eigenvalue weighted by Gasteiger charge is -2.25. The van der Waals surface area contributed by atoms with Crippen molar-refractivity contribution in [2.75, 3.05) is 39.0 Å². The highest BCUT2D eigenvalue weighted by molar-refractivity contribution is 8.00. The molecule has 4 nitrogen and oxygen atoms in total. The first-order valence-electron chi connectivity index (χ1n) is 8.05. The van der Waals surface area contributed by atoms with Crippen molar-refractivity contribution in [2.45, 2.75) is 24.6 Å². The summed E-state index contributed by atoms with van der Waals surface area (Å²) in [5.74, 6) is 1.71. The van der Waals surface area contributed by atoms with Gasteiger partial charge in [-0.25, -0.2) is 0 Å².